The zero-order valence-corrected chi connectivity index (χ0v) is 11.2. The van der Waals surface area contributed by atoms with Gasteiger partial charge in [0.25, 0.3) is 0 Å². The Hall–Kier alpha value is -1.79. The summed E-state index contributed by atoms with van der Waals surface area (Å²) in [6.45, 7) is 0.781. The van der Waals surface area contributed by atoms with Crippen molar-refractivity contribution in [2.45, 2.75) is 25.0 Å². The molecule has 1 saturated heterocycles. The highest BCUT2D eigenvalue weighted by atomic mass is 19.1. The number of benzene rings is 1. The van der Waals surface area contributed by atoms with Crippen LogP contribution in [0.1, 0.15) is 29.7 Å². The summed E-state index contributed by atoms with van der Waals surface area (Å²) in [6, 6.07) is 6.44. The minimum atomic E-state index is -0.258. The molecule has 1 N–H and O–H groups in total. The number of hydrogen-bond acceptors (Lipinski definition) is 5. The molecule has 0 unspecified atom stereocenters. The molecule has 2 atom stereocenters. The van der Waals surface area contributed by atoms with Crippen molar-refractivity contribution in [2.75, 3.05) is 13.7 Å². The maximum atomic E-state index is 13.1. The molecule has 0 aliphatic carbocycles. The number of ether oxygens (including phenoxy) is 1. The second-order valence-electron chi connectivity index (χ2n) is 4.91. The van der Waals surface area contributed by atoms with Crippen molar-refractivity contribution in [3.8, 4) is 0 Å². The van der Waals surface area contributed by atoms with Crippen molar-refractivity contribution in [2.24, 2.45) is 0 Å². The minimum Gasteiger partial charge on any atom is -0.380 e. The molecule has 1 aliphatic rings. The maximum absolute atomic E-state index is 13.1. The van der Waals surface area contributed by atoms with Crippen LogP contribution in [-0.4, -0.2) is 29.9 Å². The smallest absolute Gasteiger partial charge is 0.243 e. The molecule has 106 valence electrons. The lowest BCUT2D eigenvalue weighted by Gasteiger charge is -2.04. The van der Waals surface area contributed by atoms with Crippen molar-refractivity contribution in [3.63, 3.8) is 0 Å². The van der Waals surface area contributed by atoms with Gasteiger partial charge in [0, 0.05) is 20.1 Å². The van der Waals surface area contributed by atoms with Crippen LogP contribution in [0.15, 0.2) is 28.8 Å². The minimum absolute atomic E-state index is 0.0358. The molecule has 5 nitrogen and oxygen atoms in total. The largest absolute Gasteiger partial charge is 0.380 e. The van der Waals surface area contributed by atoms with Gasteiger partial charge < -0.3 is 14.6 Å². The van der Waals surface area contributed by atoms with Crippen LogP contribution in [0.4, 0.5) is 4.39 Å². The predicted molar refractivity (Wildman–Crippen MR) is 69.7 cm³/mol. The first-order valence-electron chi connectivity index (χ1n) is 6.57. The molecule has 1 aromatic heterocycles. The molecule has 0 saturated carbocycles. The normalized spacial score (nSPS) is 22.3. The van der Waals surface area contributed by atoms with Gasteiger partial charge in [-0.2, -0.15) is 4.98 Å². The Morgan fingerprint density at radius 3 is 3.15 bits per heavy atom. The van der Waals surface area contributed by atoms with E-state index < -0.39 is 0 Å². The monoisotopic (exact) mass is 277 g/mol. The average molecular weight is 277 g/mol. The summed E-state index contributed by atoms with van der Waals surface area (Å²) in [7, 11) is 1.69. The van der Waals surface area contributed by atoms with Gasteiger partial charge in [-0.3, -0.25) is 0 Å². The lowest BCUT2D eigenvalue weighted by Crippen LogP contribution is -2.16. The summed E-state index contributed by atoms with van der Waals surface area (Å²) in [5.74, 6) is 0.871. The van der Waals surface area contributed by atoms with E-state index in [1.165, 1.54) is 12.1 Å². The van der Waals surface area contributed by atoms with E-state index in [0.717, 1.165) is 18.5 Å². The van der Waals surface area contributed by atoms with Gasteiger partial charge in [-0.15, -0.1) is 0 Å². The fourth-order valence-electron chi connectivity index (χ4n) is 2.38. The van der Waals surface area contributed by atoms with Crippen LogP contribution >= 0.6 is 0 Å². The number of methoxy groups -OCH3 is 1. The van der Waals surface area contributed by atoms with Crippen LogP contribution in [0.25, 0.3) is 0 Å². The second kappa shape index (κ2) is 5.68. The summed E-state index contributed by atoms with van der Waals surface area (Å²) >= 11 is 0. The lowest BCUT2D eigenvalue weighted by atomic mass is 10.1. The molecule has 3 rings (SSSR count). The van der Waals surface area contributed by atoms with E-state index in [4.69, 9.17) is 9.26 Å². The van der Waals surface area contributed by atoms with E-state index in [9.17, 15) is 4.39 Å². The summed E-state index contributed by atoms with van der Waals surface area (Å²) in [6.07, 6.45) is 1.46. The first kappa shape index (κ1) is 13.2. The van der Waals surface area contributed by atoms with Gasteiger partial charge in [0.05, 0.1) is 12.1 Å². The third-order valence-electron chi connectivity index (χ3n) is 3.46. The highest BCUT2D eigenvalue weighted by Gasteiger charge is 2.29. The number of nitrogens with zero attached hydrogens (tertiary/aromatic N) is 2. The highest BCUT2D eigenvalue weighted by molar-refractivity contribution is 5.19. The number of nitrogens with one attached hydrogen (secondary N) is 1. The summed E-state index contributed by atoms with van der Waals surface area (Å²) < 4.78 is 23.7. The van der Waals surface area contributed by atoms with E-state index >= 15 is 0 Å². The highest BCUT2D eigenvalue weighted by Crippen LogP contribution is 2.23. The lowest BCUT2D eigenvalue weighted by molar-refractivity contribution is 0.116. The average Bonchev–Trinajstić information content (AvgIpc) is 3.07. The van der Waals surface area contributed by atoms with E-state index in [2.05, 4.69) is 15.5 Å². The topological polar surface area (TPSA) is 60.2 Å². The zero-order chi connectivity index (χ0) is 13.9. The summed E-state index contributed by atoms with van der Waals surface area (Å²) in [5.41, 5.74) is 0.825. The van der Waals surface area contributed by atoms with Gasteiger partial charge in [-0.25, -0.2) is 4.39 Å². The Morgan fingerprint density at radius 1 is 1.50 bits per heavy atom. The van der Waals surface area contributed by atoms with Crippen molar-refractivity contribution >= 4 is 0 Å². The maximum Gasteiger partial charge on any atom is 0.243 e. The van der Waals surface area contributed by atoms with Crippen LogP contribution in [-0.2, 0) is 11.2 Å². The van der Waals surface area contributed by atoms with Crippen LogP contribution in [0.2, 0.25) is 0 Å². The molecule has 0 amide bonds. The van der Waals surface area contributed by atoms with Gasteiger partial charge in [0.15, 0.2) is 5.82 Å². The Kier molecular flexibility index (Phi) is 3.75. The molecular formula is C14H16FN3O2. The standard InChI is InChI=1S/C14H16FN3O2/c1-19-11-7-12(16-8-11)14-17-13(18-20-14)6-9-3-2-4-10(15)5-9/h2-5,11-12,16H,6-8H2,1H3/t11-,12+/m0/s1. The van der Waals surface area contributed by atoms with E-state index in [1.807, 2.05) is 6.07 Å². The van der Waals surface area contributed by atoms with Crippen molar-refractivity contribution in [1.29, 1.82) is 0 Å². The Morgan fingerprint density at radius 2 is 2.40 bits per heavy atom. The van der Waals surface area contributed by atoms with Crippen LogP contribution < -0.4 is 5.32 Å². The van der Waals surface area contributed by atoms with Crippen molar-refractivity contribution in [3.05, 3.63) is 47.4 Å². The molecule has 1 aromatic carbocycles. The fraction of sp³-hybridized carbons (Fsp3) is 0.429. The van der Waals surface area contributed by atoms with E-state index in [-0.39, 0.29) is 18.0 Å². The van der Waals surface area contributed by atoms with Gasteiger partial charge >= 0.3 is 0 Å². The summed E-state index contributed by atoms with van der Waals surface area (Å²) in [5, 5.41) is 7.23. The van der Waals surface area contributed by atoms with Gasteiger partial charge in [-0.1, -0.05) is 17.3 Å². The number of aromatic nitrogens is 2. The summed E-state index contributed by atoms with van der Waals surface area (Å²) in [4.78, 5) is 4.37. The van der Waals surface area contributed by atoms with Crippen LogP contribution in [0, 0.1) is 5.82 Å². The Labute approximate surface area is 116 Å². The number of hydrogen-bond donors (Lipinski definition) is 1. The number of halogens is 1. The molecule has 0 bridgehead atoms. The quantitative estimate of drug-likeness (QED) is 0.924. The van der Waals surface area contributed by atoms with Gasteiger partial charge in [-0.05, 0) is 24.1 Å². The second-order valence-corrected chi connectivity index (χ2v) is 4.91. The SMILES string of the molecule is CO[C@@H]1CN[C@@H](c2nc(Cc3cccc(F)c3)no2)C1. The molecule has 2 aromatic rings. The molecule has 20 heavy (non-hydrogen) atoms. The van der Waals surface area contributed by atoms with Crippen LogP contribution in [0.5, 0.6) is 0 Å². The first-order chi connectivity index (χ1) is 9.74. The first-order valence-corrected chi connectivity index (χ1v) is 6.57. The predicted octanol–water partition coefficient (Wildman–Crippen LogP) is 1.85. The third-order valence-corrected chi connectivity index (χ3v) is 3.46. The molecule has 2 heterocycles. The van der Waals surface area contributed by atoms with Crippen molar-refractivity contribution in [1.82, 2.24) is 15.5 Å². The molecule has 0 radical (unpaired) electrons. The Balaban J connectivity index is 1.68. The molecule has 6 heteroatoms. The number of rotatable bonds is 4. The molecule has 0 spiro atoms. The molecule has 1 aliphatic heterocycles. The fourth-order valence-corrected chi connectivity index (χ4v) is 2.38. The van der Waals surface area contributed by atoms with E-state index in [1.54, 1.807) is 13.2 Å². The molecular weight excluding hydrogens is 261 g/mol. The van der Waals surface area contributed by atoms with Crippen molar-refractivity contribution < 1.29 is 13.7 Å². The van der Waals surface area contributed by atoms with Gasteiger partial charge in [0.1, 0.15) is 5.82 Å². The zero-order valence-electron chi connectivity index (χ0n) is 11.2. The van der Waals surface area contributed by atoms with Crippen LogP contribution in [0.3, 0.4) is 0 Å². The van der Waals surface area contributed by atoms with E-state index in [0.29, 0.717) is 18.1 Å². The van der Waals surface area contributed by atoms with Gasteiger partial charge in [0.2, 0.25) is 5.89 Å². The molecule has 1 fully saturated rings. The third kappa shape index (κ3) is 2.86. The Bertz CT molecular complexity index is 587.